The van der Waals surface area contributed by atoms with Gasteiger partial charge in [0.2, 0.25) is 0 Å². The highest BCUT2D eigenvalue weighted by atomic mass is 16.6. The van der Waals surface area contributed by atoms with Gasteiger partial charge in [0.15, 0.2) is 5.69 Å². The molecule has 0 bridgehead atoms. The zero-order chi connectivity index (χ0) is 15.5. The molecule has 0 aliphatic carbocycles. The van der Waals surface area contributed by atoms with Gasteiger partial charge < -0.3 is 0 Å². The Kier molecular flexibility index (Phi) is 3.34. The molecule has 1 N–H and O–H groups in total. The Morgan fingerprint density at radius 1 is 1.05 bits per heavy atom. The Morgan fingerprint density at radius 2 is 1.73 bits per heavy atom. The minimum Gasteiger partial charge on any atom is -0.258 e. The summed E-state index contributed by atoms with van der Waals surface area (Å²) in [6.45, 7) is 0. The molecule has 1 aromatic heterocycles. The number of hydrogen-bond acceptors (Lipinski definition) is 5. The molecule has 0 unspecified atom stereocenters. The SMILES string of the molecule is N#Cc1n[nH]nc1-c1cccc(-c2cccc([N+](=O)[O-])c2)c1. The van der Waals surface area contributed by atoms with E-state index in [1.54, 1.807) is 24.3 Å². The van der Waals surface area contributed by atoms with Crippen LogP contribution < -0.4 is 0 Å². The van der Waals surface area contributed by atoms with Crippen molar-refractivity contribution >= 4 is 5.69 Å². The Labute approximate surface area is 125 Å². The van der Waals surface area contributed by atoms with Crippen LogP contribution in [0.3, 0.4) is 0 Å². The smallest absolute Gasteiger partial charge is 0.258 e. The number of rotatable bonds is 3. The number of benzene rings is 2. The van der Waals surface area contributed by atoms with Gasteiger partial charge in [0.25, 0.3) is 5.69 Å². The zero-order valence-electron chi connectivity index (χ0n) is 11.2. The van der Waals surface area contributed by atoms with E-state index in [1.165, 1.54) is 12.1 Å². The second kappa shape index (κ2) is 5.46. The molecule has 0 saturated heterocycles. The molecular formula is C15H9N5O2. The molecule has 0 atom stereocenters. The van der Waals surface area contributed by atoms with E-state index in [2.05, 4.69) is 15.4 Å². The predicted octanol–water partition coefficient (Wildman–Crippen LogP) is 2.92. The van der Waals surface area contributed by atoms with E-state index in [0.717, 1.165) is 11.1 Å². The molecule has 0 fully saturated rings. The molecule has 0 aliphatic rings. The third kappa shape index (κ3) is 2.41. The molecule has 3 aromatic rings. The number of non-ortho nitro benzene ring substituents is 1. The Balaban J connectivity index is 2.07. The zero-order valence-corrected chi connectivity index (χ0v) is 11.2. The second-order valence-electron chi connectivity index (χ2n) is 4.52. The van der Waals surface area contributed by atoms with Crippen LogP contribution in [0, 0.1) is 21.4 Å². The van der Waals surface area contributed by atoms with Crippen LogP contribution in [0.15, 0.2) is 48.5 Å². The van der Waals surface area contributed by atoms with Crippen molar-refractivity contribution in [3.8, 4) is 28.5 Å². The molecule has 0 amide bonds. The van der Waals surface area contributed by atoms with E-state index >= 15 is 0 Å². The van der Waals surface area contributed by atoms with Crippen LogP contribution in [0.25, 0.3) is 22.4 Å². The van der Waals surface area contributed by atoms with Gasteiger partial charge in [-0.05, 0) is 17.2 Å². The summed E-state index contributed by atoms with van der Waals surface area (Å²) in [7, 11) is 0. The first-order valence-electron chi connectivity index (χ1n) is 6.35. The lowest BCUT2D eigenvalue weighted by molar-refractivity contribution is -0.384. The minimum absolute atomic E-state index is 0.0297. The molecule has 106 valence electrons. The first-order chi connectivity index (χ1) is 10.7. The highest BCUT2D eigenvalue weighted by Crippen LogP contribution is 2.28. The minimum atomic E-state index is -0.432. The molecule has 7 nitrogen and oxygen atoms in total. The van der Waals surface area contributed by atoms with Crippen LogP contribution in [-0.4, -0.2) is 20.3 Å². The van der Waals surface area contributed by atoms with E-state index in [-0.39, 0.29) is 11.4 Å². The maximum absolute atomic E-state index is 10.9. The van der Waals surface area contributed by atoms with Crippen LogP contribution in [0.1, 0.15) is 5.69 Å². The molecule has 7 heteroatoms. The van der Waals surface area contributed by atoms with E-state index in [0.29, 0.717) is 11.3 Å². The van der Waals surface area contributed by atoms with Crippen molar-refractivity contribution in [3.05, 3.63) is 64.3 Å². The van der Waals surface area contributed by atoms with Gasteiger partial charge in [-0.15, -0.1) is 5.10 Å². The quantitative estimate of drug-likeness (QED) is 0.589. The third-order valence-corrected chi connectivity index (χ3v) is 3.18. The number of H-pyrrole nitrogens is 1. The number of nitrogens with zero attached hydrogens (tertiary/aromatic N) is 4. The lowest BCUT2D eigenvalue weighted by atomic mass is 10.0. The fraction of sp³-hybridized carbons (Fsp3) is 0. The second-order valence-corrected chi connectivity index (χ2v) is 4.52. The molecule has 3 rings (SSSR count). The maximum Gasteiger partial charge on any atom is 0.270 e. The fourth-order valence-electron chi connectivity index (χ4n) is 2.16. The summed E-state index contributed by atoms with van der Waals surface area (Å²) in [5, 5.41) is 30.0. The number of nitro benzene ring substituents is 1. The van der Waals surface area contributed by atoms with Crippen LogP contribution in [0.5, 0.6) is 0 Å². The molecule has 0 radical (unpaired) electrons. The molecular weight excluding hydrogens is 282 g/mol. The molecule has 0 saturated carbocycles. The Bertz CT molecular complexity index is 895. The largest absolute Gasteiger partial charge is 0.270 e. The molecule has 2 aromatic carbocycles. The standard InChI is InChI=1S/C15H9N5O2/c16-9-14-15(18-19-17-14)12-5-1-3-10(7-12)11-4-2-6-13(8-11)20(21)22/h1-8H,(H,17,18,19). The van der Waals surface area contributed by atoms with Gasteiger partial charge in [-0.25, -0.2) is 0 Å². The van der Waals surface area contributed by atoms with E-state index in [9.17, 15) is 10.1 Å². The number of nitriles is 1. The maximum atomic E-state index is 10.9. The molecule has 0 aliphatic heterocycles. The summed E-state index contributed by atoms with van der Waals surface area (Å²) in [5.74, 6) is 0. The van der Waals surface area contributed by atoms with E-state index < -0.39 is 4.92 Å². The van der Waals surface area contributed by atoms with Crippen LogP contribution >= 0.6 is 0 Å². The van der Waals surface area contributed by atoms with Gasteiger partial charge in [-0.2, -0.15) is 15.6 Å². The van der Waals surface area contributed by atoms with Crippen LogP contribution in [0.4, 0.5) is 5.69 Å². The highest BCUT2D eigenvalue weighted by molar-refractivity contribution is 5.74. The van der Waals surface area contributed by atoms with Gasteiger partial charge in [-0.3, -0.25) is 10.1 Å². The first kappa shape index (κ1) is 13.5. The fourth-order valence-corrected chi connectivity index (χ4v) is 2.16. The average Bonchev–Trinajstić information content (AvgIpc) is 3.04. The van der Waals surface area contributed by atoms with Gasteiger partial charge >= 0.3 is 0 Å². The number of hydrogen-bond donors (Lipinski definition) is 1. The van der Waals surface area contributed by atoms with Crippen LogP contribution in [-0.2, 0) is 0 Å². The highest BCUT2D eigenvalue weighted by Gasteiger charge is 2.12. The summed E-state index contributed by atoms with van der Waals surface area (Å²) in [4.78, 5) is 10.4. The van der Waals surface area contributed by atoms with Crippen molar-refractivity contribution in [1.82, 2.24) is 15.4 Å². The van der Waals surface area contributed by atoms with Crippen molar-refractivity contribution in [1.29, 1.82) is 5.26 Å². The van der Waals surface area contributed by atoms with E-state index in [1.807, 2.05) is 18.2 Å². The summed E-state index contributed by atoms with van der Waals surface area (Å²) >= 11 is 0. The summed E-state index contributed by atoms with van der Waals surface area (Å²) in [6, 6.07) is 15.6. The number of nitrogens with one attached hydrogen (secondary N) is 1. The van der Waals surface area contributed by atoms with Gasteiger partial charge in [-0.1, -0.05) is 30.3 Å². The first-order valence-corrected chi connectivity index (χ1v) is 6.35. The normalized spacial score (nSPS) is 10.1. The lowest BCUT2D eigenvalue weighted by Crippen LogP contribution is -1.89. The summed E-state index contributed by atoms with van der Waals surface area (Å²) in [6.07, 6.45) is 0. The van der Waals surface area contributed by atoms with Gasteiger partial charge in [0.1, 0.15) is 11.8 Å². The summed E-state index contributed by atoms with van der Waals surface area (Å²) < 4.78 is 0. The molecule has 22 heavy (non-hydrogen) atoms. The molecule has 0 spiro atoms. The van der Waals surface area contributed by atoms with Crippen molar-refractivity contribution in [2.24, 2.45) is 0 Å². The average molecular weight is 291 g/mol. The molecule has 1 heterocycles. The Morgan fingerprint density at radius 3 is 2.45 bits per heavy atom. The van der Waals surface area contributed by atoms with Crippen molar-refractivity contribution < 1.29 is 4.92 Å². The van der Waals surface area contributed by atoms with Gasteiger partial charge in [0, 0.05) is 17.7 Å². The van der Waals surface area contributed by atoms with Crippen LogP contribution in [0.2, 0.25) is 0 Å². The number of aromatic nitrogens is 3. The number of aromatic amines is 1. The number of nitro groups is 1. The monoisotopic (exact) mass is 291 g/mol. The topological polar surface area (TPSA) is 108 Å². The van der Waals surface area contributed by atoms with Crippen molar-refractivity contribution in [3.63, 3.8) is 0 Å². The van der Waals surface area contributed by atoms with Crippen molar-refractivity contribution in [2.45, 2.75) is 0 Å². The predicted molar refractivity (Wildman–Crippen MR) is 78.6 cm³/mol. The lowest BCUT2D eigenvalue weighted by Gasteiger charge is -2.04. The third-order valence-electron chi connectivity index (χ3n) is 3.18. The van der Waals surface area contributed by atoms with Crippen molar-refractivity contribution in [2.75, 3.05) is 0 Å². The Hall–Kier alpha value is -3.53. The summed E-state index contributed by atoms with van der Waals surface area (Å²) in [5.41, 5.74) is 2.92. The van der Waals surface area contributed by atoms with E-state index in [4.69, 9.17) is 5.26 Å². The van der Waals surface area contributed by atoms with Gasteiger partial charge in [0.05, 0.1) is 4.92 Å².